The van der Waals surface area contributed by atoms with Crippen LogP contribution < -0.4 is 16.0 Å². The van der Waals surface area contributed by atoms with Gasteiger partial charge in [-0.1, -0.05) is 5.92 Å². The number of ether oxygens (including phenoxy) is 1. The molecule has 2 saturated carbocycles. The van der Waals surface area contributed by atoms with Crippen molar-refractivity contribution in [3.63, 3.8) is 0 Å². The molecule has 3 aromatic heterocycles. The van der Waals surface area contributed by atoms with Crippen LogP contribution in [-0.4, -0.2) is 48.7 Å². The first-order valence-electron chi connectivity index (χ1n) is 10.1. The maximum atomic E-state index is 12.9. The number of amides is 1. The molecule has 158 valence electrons. The van der Waals surface area contributed by atoms with E-state index in [1.807, 2.05) is 0 Å². The molecule has 0 aliphatic heterocycles. The van der Waals surface area contributed by atoms with Crippen molar-refractivity contribution in [1.29, 1.82) is 0 Å². The molecule has 1 N–H and O–H groups in total. The molecule has 0 radical (unpaired) electrons. The lowest BCUT2D eigenvalue weighted by Crippen LogP contribution is -2.39. The summed E-state index contributed by atoms with van der Waals surface area (Å²) in [5, 5.41) is 0. The third kappa shape index (κ3) is 3.70. The van der Waals surface area contributed by atoms with Gasteiger partial charge in [-0.2, -0.15) is 0 Å². The molecule has 0 atom stereocenters. The van der Waals surface area contributed by atoms with Gasteiger partial charge < -0.3 is 9.72 Å². The lowest BCUT2D eigenvalue weighted by molar-refractivity contribution is 0.168. The third-order valence-electron chi connectivity index (χ3n) is 5.26. The first-order valence-corrected chi connectivity index (χ1v) is 10.1. The normalized spacial score (nSPS) is 15.4. The zero-order valence-electron chi connectivity index (χ0n) is 16.9. The van der Waals surface area contributed by atoms with Crippen molar-refractivity contribution in [1.82, 2.24) is 29.0 Å². The number of pyridine rings is 1. The summed E-state index contributed by atoms with van der Waals surface area (Å²) in [6.45, 7) is 0.0951. The minimum atomic E-state index is -0.568. The van der Waals surface area contributed by atoms with E-state index < -0.39 is 6.09 Å². The molecule has 0 saturated heterocycles. The molecule has 5 rings (SSSR count). The Morgan fingerprint density at radius 3 is 2.68 bits per heavy atom. The van der Waals surface area contributed by atoms with Crippen molar-refractivity contribution >= 4 is 17.3 Å². The van der Waals surface area contributed by atoms with Gasteiger partial charge in [-0.3, -0.25) is 23.8 Å². The minimum absolute atomic E-state index is 0.0216. The monoisotopic (exact) mass is 420 g/mol. The molecule has 0 spiro atoms. The lowest BCUT2D eigenvalue weighted by Gasteiger charge is -2.13. The molecule has 2 aliphatic carbocycles. The van der Waals surface area contributed by atoms with Crippen molar-refractivity contribution in [3.8, 4) is 17.6 Å². The van der Waals surface area contributed by atoms with Gasteiger partial charge in [-0.25, -0.2) is 14.6 Å². The third-order valence-corrected chi connectivity index (χ3v) is 5.26. The number of imidazole rings is 1. The first kappa shape index (κ1) is 19.1. The van der Waals surface area contributed by atoms with Gasteiger partial charge in [-0.15, -0.1) is 0 Å². The van der Waals surface area contributed by atoms with Gasteiger partial charge in [0, 0.05) is 25.3 Å². The number of aromatic amines is 1. The molecule has 0 unspecified atom stereocenters. The van der Waals surface area contributed by atoms with Gasteiger partial charge in [-0.05, 0) is 43.7 Å². The fourth-order valence-corrected chi connectivity index (χ4v) is 3.37. The molecule has 2 aliphatic rings. The second-order valence-electron chi connectivity index (χ2n) is 7.79. The number of nitrogens with zero attached hydrogens (tertiary/aromatic N) is 5. The summed E-state index contributed by atoms with van der Waals surface area (Å²) < 4.78 is 8.16. The summed E-state index contributed by atoms with van der Waals surface area (Å²) in [5.74, 6) is 6.31. The van der Waals surface area contributed by atoms with E-state index in [1.165, 1.54) is 15.7 Å². The van der Waals surface area contributed by atoms with E-state index in [4.69, 9.17) is 4.74 Å². The second kappa shape index (κ2) is 7.43. The van der Waals surface area contributed by atoms with Crippen LogP contribution in [0.1, 0.15) is 43.6 Å². The molecule has 3 aromatic rings. The number of hydrogen-bond acceptors (Lipinski definition) is 6. The molecule has 0 aromatic carbocycles. The van der Waals surface area contributed by atoms with E-state index in [0.29, 0.717) is 16.9 Å². The number of nitrogens with one attached hydrogen (secondary N) is 1. The van der Waals surface area contributed by atoms with Crippen molar-refractivity contribution in [3.05, 3.63) is 51.2 Å². The highest BCUT2D eigenvalue weighted by molar-refractivity contribution is 5.72. The first-order chi connectivity index (χ1) is 15.0. The van der Waals surface area contributed by atoms with Gasteiger partial charge in [0.15, 0.2) is 22.7 Å². The number of carbonyl (C=O) groups excluding carboxylic acids is 1. The van der Waals surface area contributed by atoms with Gasteiger partial charge in [0.05, 0.1) is 12.7 Å². The topological polar surface area (TPSA) is 115 Å². The highest BCUT2D eigenvalue weighted by atomic mass is 16.6. The molecule has 3 heterocycles. The maximum absolute atomic E-state index is 12.9. The SMILES string of the molecule is CN(CC#Cc1nc2c([nH]1)c(=O)n(C1CC1)c(=O)n2C1CC1)C(=O)Oc1cccnc1. The Hall–Kier alpha value is -3.87. The molecule has 10 heteroatoms. The quantitative estimate of drug-likeness (QED) is 0.639. The standard InChI is InChI=1S/C21H20N6O4/c1-25(21(30)31-15-4-2-10-22-12-15)11-3-5-16-23-17-18(24-16)26(13-6-7-13)20(29)27(19(17)28)14-8-9-14/h2,4,10,12-14H,6-9,11H2,1H3,(H,23,24). The van der Waals surface area contributed by atoms with Crippen LogP contribution in [0.25, 0.3) is 11.2 Å². The number of H-pyrrole nitrogens is 1. The molecule has 0 bridgehead atoms. The van der Waals surface area contributed by atoms with Crippen molar-refractivity contribution < 1.29 is 9.53 Å². The van der Waals surface area contributed by atoms with Crippen LogP contribution in [0.3, 0.4) is 0 Å². The predicted octanol–water partition coefficient (Wildman–Crippen LogP) is 1.43. The van der Waals surface area contributed by atoms with E-state index in [0.717, 1.165) is 25.7 Å². The average molecular weight is 420 g/mol. The number of hydrogen-bond donors (Lipinski definition) is 1. The van der Waals surface area contributed by atoms with Crippen molar-refractivity contribution in [2.45, 2.75) is 37.8 Å². The number of fused-ring (bicyclic) bond motifs is 1. The van der Waals surface area contributed by atoms with Crippen LogP contribution in [-0.2, 0) is 0 Å². The van der Waals surface area contributed by atoms with E-state index in [-0.39, 0.29) is 35.7 Å². The van der Waals surface area contributed by atoms with Crippen molar-refractivity contribution in [2.24, 2.45) is 0 Å². The van der Waals surface area contributed by atoms with Crippen LogP contribution in [0.2, 0.25) is 0 Å². The van der Waals surface area contributed by atoms with E-state index in [2.05, 4.69) is 26.8 Å². The molecular weight excluding hydrogens is 400 g/mol. The Labute approximate surface area is 176 Å². The largest absolute Gasteiger partial charge is 0.415 e. The number of aromatic nitrogens is 5. The summed E-state index contributed by atoms with van der Waals surface area (Å²) in [7, 11) is 1.56. The van der Waals surface area contributed by atoms with Crippen LogP contribution in [0.5, 0.6) is 5.75 Å². The number of carbonyl (C=O) groups is 1. The van der Waals surface area contributed by atoms with Crippen LogP contribution in [0.4, 0.5) is 4.79 Å². The highest BCUT2D eigenvalue weighted by Crippen LogP contribution is 2.36. The van der Waals surface area contributed by atoms with E-state index in [1.54, 1.807) is 29.9 Å². The van der Waals surface area contributed by atoms with Gasteiger partial charge in [0.1, 0.15) is 0 Å². The summed E-state index contributed by atoms with van der Waals surface area (Å²) in [4.78, 5) is 50.4. The summed E-state index contributed by atoms with van der Waals surface area (Å²) in [6.07, 6.45) is 5.94. The Bertz CT molecular complexity index is 1340. The Morgan fingerprint density at radius 1 is 1.26 bits per heavy atom. The predicted molar refractivity (Wildman–Crippen MR) is 111 cm³/mol. The second-order valence-corrected chi connectivity index (χ2v) is 7.79. The summed E-state index contributed by atoms with van der Waals surface area (Å²) in [5.41, 5.74) is 0.0126. The molecule has 2 fully saturated rings. The highest BCUT2D eigenvalue weighted by Gasteiger charge is 2.34. The van der Waals surface area contributed by atoms with Crippen LogP contribution in [0.15, 0.2) is 34.1 Å². The molecular formula is C21H20N6O4. The van der Waals surface area contributed by atoms with Gasteiger partial charge in [0.2, 0.25) is 0 Å². The fraction of sp³-hybridized carbons (Fsp3) is 0.381. The average Bonchev–Trinajstić information content (AvgIpc) is 3.68. The van der Waals surface area contributed by atoms with Gasteiger partial charge >= 0.3 is 11.8 Å². The minimum Gasteiger partial charge on any atom is -0.409 e. The zero-order valence-corrected chi connectivity index (χ0v) is 16.9. The van der Waals surface area contributed by atoms with E-state index in [9.17, 15) is 14.4 Å². The molecule has 31 heavy (non-hydrogen) atoms. The van der Waals surface area contributed by atoms with Crippen LogP contribution >= 0.6 is 0 Å². The van der Waals surface area contributed by atoms with E-state index >= 15 is 0 Å². The summed E-state index contributed by atoms with van der Waals surface area (Å²) in [6, 6.07) is 3.36. The van der Waals surface area contributed by atoms with Crippen LogP contribution in [0, 0.1) is 11.8 Å². The van der Waals surface area contributed by atoms with Gasteiger partial charge in [0.25, 0.3) is 5.56 Å². The van der Waals surface area contributed by atoms with Crippen molar-refractivity contribution in [2.75, 3.05) is 13.6 Å². The lowest BCUT2D eigenvalue weighted by atomic mass is 10.4. The Morgan fingerprint density at radius 2 is 2.00 bits per heavy atom. The maximum Gasteiger partial charge on any atom is 0.415 e. The smallest absolute Gasteiger partial charge is 0.409 e. The molecule has 1 amide bonds. The summed E-state index contributed by atoms with van der Waals surface area (Å²) >= 11 is 0. The number of rotatable bonds is 4. The molecule has 10 nitrogen and oxygen atoms in total. The fourth-order valence-electron chi connectivity index (χ4n) is 3.37. The zero-order chi connectivity index (χ0) is 21.5. The Kier molecular flexibility index (Phi) is 4.58. The Balaban J connectivity index is 1.38.